The van der Waals surface area contributed by atoms with Crippen LogP contribution in [0.4, 0.5) is 11.4 Å². The molecule has 2 aromatic carbocycles. The molecule has 0 unspecified atom stereocenters. The number of nitrogen functional groups attached to an aromatic ring is 1. The molecule has 0 radical (unpaired) electrons. The lowest BCUT2D eigenvalue weighted by Crippen LogP contribution is -2.01. The summed E-state index contributed by atoms with van der Waals surface area (Å²) in [5.41, 5.74) is 7.54. The SMILES string of the molecule is Nc1ccc([N+](=O)[O-])cc1COc1ccc(CO)cc1. The molecule has 20 heavy (non-hydrogen) atoms. The summed E-state index contributed by atoms with van der Waals surface area (Å²) in [5, 5.41) is 19.6. The summed E-state index contributed by atoms with van der Waals surface area (Å²) in [6.45, 7) is 0.115. The Morgan fingerprint density at radius 3 is 2.50 bits per heavy atom. The van der Waals surface area contributed by atoms with Crippen LogP contribution in [-0.2, 0) is 13.2 Å². The average Bonchev–Trinajstić information content (AvgIpc) is 2.46. The van der Waals surface area contributed by atoms with E-state index in [1.165, 1.54) is 18.2 Å². The van der Waals surface area contributed by atoms with Crippen LogP contribution in [0.5, 0.6) is 5.75 Å². The third-order valence-electron chi connectivity index (χ3n) is 2.84. The predicted molar refractivity (Wildman–Crippen MR) is 74.2 cm³/mol. The number of nitrogens with two attached hydrogens (primary N) is 1. The maximum atomic E-state index is 10.7. The summed E-state index contributed by atoms with van der Waals surface area (Å²) >= 11 is 0. The molecule has 0 aliphatic carbocycles. The third kappa shape index (κ3) is 3.24. The minimum atomic E-state index is -0.473. The second-order valence-electron chi connectivity index (χ2n) is 4.23. The summed E-state index contributed by atoms with van der Waals surface area (Å²) < 4.78 is 5.52. The van der Waals surface area contributed by atoms with Crippen molar-refractivity contribution in [3.05, 3.63) is 63.7 Å². The Bertz CT molecular complexity index is 611. The summed E-state index contributed by atoms with van der Waals surface area (Å²) in [4.78, 5) is 10.2. The van der Waals surface area contributed by atoms with Gasteiger partial charge in [0.05, 0.1) is 11.5 Å². The number of nitro benzene ring substituents is 1. The molecule has 0 atom stereocenters. The zero-order chi connectivity index (χ0) is 14.5. The molecule has 2 aromatic rings. The van der Waals surface area contributed by atoms with Crippen molar-refractivity contribution in [1.82, 2.24) is 0 Å². The fourth-order valence-electron chi connectivity index (χ4n) is 1.68. The minimum absolute atomic E-state index is 0.0200. The number of rotatable bonds is 5. The number of aliphatic hydroxyl groups is 1. The number of benzene rings is 2. The molecular formula is C14H14N2O4. The first-order chi connectivity index (χ1) is 9.60. The Kier molecular flexibility index (Phi) is 4.17. The lowest BCUT2D eigenvalue weighted by Gasteiger charge is -2.09. The number of aliphatic hydroxyl groups excluding tert-OH is 1. The van der Waals surface area contributed by atoms with E-state index in [0.717, 1.165) is 5.56 Å². The van der Waals surface area contributed by atoms with Crippen LogP contribution in [0.1, 0.15) is 11.1 Å². The number of nitro groups is 1. The van der Waals surface area contributed by atoms with E-state index in [4.69, 9.17) is 15.6 Å². The molecule has 0 fully saturated rings. The second kappa shape index (κ2) is 6.03. The maximum absolute atomic E-state index is 10.7. The molecule has 0 heterocycles. The van der Waals surface area contributed by atoms with Crippen LogP contribution >= 0.6 is 0 Å². The molecule has 6 nitrogen and oxygen atoms in total. The number of hydrogen-bond donors (Lipinski definition) is 2. The van der Waals surface area contributed by atoms with Crippen LogP contribution in [0.25, 0.3) is 0 Å². The molecule has 6 heteroatoms. The molecule has 2 rings (SSSR count). The van der Waals surface area contributed by atoms with Crippen molar-refractivity contribution in [2.24, 2.45) is 0 Å². The fourth-order valence-corrected chi connectivity index (χ4v) is 1.68. The van der Waals surface area contributed by atoms with E-state index >= 15 is 0 Å². The molecule has 0 spiro atoms. The smallest absolute Gasteiger partial charge is 0.269 e. The topological polar surface area (TPSA) is 98.6 Å². The quantitative estimate of drug-likeness (QED) is 0.495. The first-order valence-corrected chi connectivity index (χ1v) is 5.95. The van der Waals surface area contributed by atoms with Crippen molar-refractivity contribution in [1.29, 1.82) is 0 Å². The number of ether oxygens (including phenoxy) is 1. The van der Waals surface area contributed by atoms with E-state index in [1.54, 1.807) is 24.3 Å². The van der Waals surface area contributed by atoms with Gasteiger partial charge in [-0.1, -0.05) is 12.1 Å². The van der Waals surface area contributed by atoms with Gasteiger partial charge in [0.1, 0.15) is 12.4 Å². The molecule has 0 bridgehead atoms. The van der Waals surface area contributed by atoms with Gasteiger partial charge in [-0.2, -0.15) is 0 Å². The lowest BCUT2D eigenvalue weighted by atomic mass is 10.1. The molecule has 0 saturated carbocycles. The van der Waals surface area contributed by atoms with E-state index < -0.39 is 4.92 Å². The number of nitrogens with zero attached hydrogens (tertiary/aromatic N) is 1. The van der Waals surface area contributed by atoms with Gasteiger partial charge in [0.2, 0.25) is 0 Å². The monoisotopic (exact) mass is 274 g/mol. The summed E-state index contributed by atoms with van der Waals surface area (Å²) in [5.74, 6) is 0.605. The number of non-ortho nitro benzene ring substituents is 1. The van der Waals surface area contributed by atoms with Gasteiger partial charge in [-0.15, -0.1) is 0 Å². The molecule has 0 aromatic heterocycles. The standard InChI is InChI=1S/C14H14N2O4/c15-14-6-3-12(16(18)19)7-11(14)9-20-13-4-1-10(8-17)2-5-13/h1-7,17H,8-9,15H2. The highest BCUT2D eigenvalue weighted by atomic mass is 16.6. The van der Waals surface area contributed by atoms with Gasteiger partial charge in [-0.3, -0.25) is 10.1 Å². The predicted octanol–water partition coefficient (Wildman–Crippen LogP) is 2.25. The fraction of sp³-hybridized carbons (Fsp3) is 0.143. The van der Waals surface area contributed by atoms with Crippen LogP contribution in [0.2, 0.25) is 0 Å². The zero-order valence-electron chi connectivity index (χ0n) is 10.7. The van der Waals surface area contributed by atoms with Crippen LogP contribution < -0.4 is 10.5 Å². The Balaban J connectivity index is 2.09. The first-order valence-electron chi connectivity index (χ1n) is 5.95. The second-order valence-corrected chi connectivity index (χ2v) is 4.23. The van der Waals surface area contributed by atoms with Crippen molar-refractivity contribution in [2.45, 2.75) is 13.2 Å². The van der Waals surface area contributed by atoms with Crippen molar-refractivity contribution < 1.29 is 14.8 Å². The summed E-state index contributed by atoms with van der Waals surface area (Å²) in [7, 11) is 0. The normalized spacial score (nSPS) is 10.2. The van der Waals surface area contributed by atoms with E-state index in [1.807, 2.05) is 0 Å². The maximum Gasteiger partial charge on any atom is 0.269 e. The van der Waals surface area contributed by atoms with Crippen molar-refractivity contribution >= 4 is 11.4 Å². The highest BCUT2D eigenvalue weighted by molar-refractivity contribution is 5.52. The van der Waals surface area contributed by atoms with Crippen LogP contribution in [0.15, 0.2) is 42.5 Å². The van der Waals surface area contributed by atoms with Gasteiger partial charge in [0.25, 0.3) is 5.69 Å². The zero-order valence-corrected chi connectivity index (χ0v) is 10.7. The van der Waals surface area contributed by atoms with Crippen LogP contribution in [-0.4, -0.2) is 10.0 Å². The van der Waals surface area contributed by atoms with E-state index in [2.05, 4.69) is 0 Å². The number of anilines is 1. The molecule has 0 aliphatic rings. The Morgan fingerprint density at radius 1 is 1.20 bits per heavy atom. The third-order valence-corrected chi connectivity index (χ3v) is 2.84. The summed E-state index contributed by atoms with van der Waals surface area (Å²) in [6, 6.07) is 11.2. The van der Waals surface area contributed by atoms with Gasteiger partial charge in [-0.05, 0) is 23.8 Å². The largest absolute Gasteiger partial charge is 0.489 e. The van der Waals surface area contributed by atoms with Crippen LogP contribution in [0, 0.1) is 10.1 Å². The van der Waals surface area contributed by atoms with Gasteiger partial charge < -0.3 is 15.6 Å². The highest BCUT2D eigenvalue weighted by Crippen LogP contribution is 2.22. The molecular weight excluding hydrogens is 260 g/mol. The van der Waals surface area contributed by atoms with Gasteiger partial charge in [0.15, 0.2) is 0 Å². The van der Waals surface area contributed by atoms with E-state index in [9.17, 15) is 10.1 Å². The Labute approximate surface area is 115 Å². The molecule has 104 valence electrons. The molecule has 0 amide bonds. The van der Waals surface area contributed by atoms with Crippen molar-refractivity contribution in [3.8, 4) is 5.75 Å². The lowest BCUT2D eigenvalue weighted by molar-refractivity contribution is -0.384. The van der Waals surface area contributed by atoms with Crippen molar-refractivity contribution in [3.63, 3.8) is 0 Å². The van der Waals surface area contributed by atoms with E-state index in [-0.39, 0.29) is 18.9 Å². The molecule has 3 N–H and O–H groups in total. The first kappa shape index (κ1) is 13.8. The van der Waals surface area contributed by atoms with E-state index in [0.29, 0.717) is 17.0 Å². The number of hydrogen-bond acceptors (Lipinski definition) is 5. The van der Waals surface area contributed by atoms with Gasteiger partial charge in [0, 0.05) is 23.4 Å². The van der Waals surface area contributed by atoms with Crippen LogP contribution in [0.3, 0.4) is 0 Å². The molecule has 0 saturated heterocycles. The highest BCUT2D eigenvalue weighted by Gasteiger charge is 2.09. The van der Waals surface area contributed by atoms with Crippen molar-refractivity contribution in [2.75, 3.05) is 5.73 Å². The average molecular weight is 274 g/mol. The van der Waals surface area contributed by atoms with Gasteiger partial charge in [-0.25, -0.2) is 0 Å². The minimum Gasteiger partial charge on any atom is -0.489 e. The molecule has 0 aliphatic heterocycles. The Hall–Kier alpha value is -2.60. The summed E-state index contributed by atoms with van der Waals surface area (Å²) in [6.07, 6.45) is 0. The van der Waals surface area contributed by atoms with Gasteiger partial charge >= 0.3 is 0 Å². The Morgan fingerprint density at radius 2 is 1.90 bits per heavy atom.